The number of rotatable bonds is 8. The summed E-state index contributed by atoms with van der Waals surface area (Å²) in [6, 6.07) is 16.6. The average Bonchev–Trinajstić information content (AvgIpc) is 2.75. The van der Waals surface area contributed by atoms with Crippen LogP contribution in [0.25, 0.3) is 0 Å². The quantitative estimate of drug-likeness (QED) is 0.290. The zero-order valence-electron chi connectivity index (χ0n) is 16.2. The van der Waals surface area contributed by atoms with Crippen LogP contribution in [-0.4, -0.2) is 26.7 Å². The van der Waals surface area contributed by atoms with Gasteiger partial charge in [-0.2, -0.15) is 5.10 Å². The van der Waals surface area contributed by atoms with Gasteiger partial charge in [-0.05, 0) is 35.9 Å². The van der Waals surface area contributed by atoms with Crippen molar-refractivity contribution in [1.29, 1.82) is 0 Å². The Labute approximate surface area is 183 Å². The maximum Gasteiger partial charge on any atom is 0.270 e. The first kappa shape index (κ1) is 22.1. The molecular weight excluding hydrogens is 444 g/mol. The van der Waals surface area contributed by atoms with Crippen LogP contribution >= 0.6 is 11.6 Å². The number of benzene rings is 3. The van der Waals surface area contributed by atoms with E-state index in [0.717, 1.165) is 11.6 Å². The van der Waals surface area contributed by atoms with E-state index in [1.54, 1.807) is 42.5 Å². The van der Waals surface area contributed by atoms with E-state index in [0.29, 0.717) is 10.8 Å². The van der Waals surface area contributed by atoms with Crippen LogP contribution in [0.1, 0.15) is 5.56 Å². The van der Waals surface area contributed by atoms with Crippen molar-refractivity contribution in [3.8, 4) is 5.75 Å². The molecule has 0 aliphatic carbocycles. The standard InChI is InChI=1S/C20H17ClN4O5S/c1-30-19-5-3-2-4-17(19)24-31(28,29)20-12-16(25(26)27)10-11-18(20)23-22-13-14-6-8-15(21)9-7-14/h2-13,23-24H,1H3. The van der Waals surface area contributed by atoms with Crippen LogP contribution in [0, 0.1) is 10.1 Å². The Morgan fingerprint density at radius 3 is 2.45 bits per heavy atom. The minimum atomic E-state index is -4.22. The molecule has 0 spiro atoms. The first-order chi connectivity index (χ1) is 14.8. The molecule has 160 valence electrons. The van der Waals surface area contributed by atoms with Crippen LogP contribution in [0.15, 0.2) is 76.7 Å². The van der Waals surface area contributed by atoms with E-state index < -0.39 is 14.9 Å². The summed E-state index contributed by atoms with van der Waals surface area (Å²) < 4.78 is 33.6. The molecule has 0 radical (unpaired) electrons. The Balaban J connectivity index is 1.95. The second kappa shape index (κ2) is 9.45. The Hall–Kier alpha value is -3.63. The summed E-state index contributed by atoms with van der Waals surface area (Å²) in [4.78, 5) is 10.2. The van der Waals surface area contributed by atoms with Crippen molar-refractivity contribution in [1.82, 2.24) is 0 Å². The molecule has 0 amide bonds. The van der Waals surface area contributed by atoms with Crippen LogP contribution < -0.4 is 14.9 Å². The molecule has 0 saturated heterocycles. The molecule has 0 fully saturated rings. The molecule has 3 rings (SSSR count). The Morgan fingerprint density at radius 1 is 1.06 bits per heavy atom. The predicted molar refractivity (Wildman–Crippen MR) is 120 cm³/mol. The van der Waals surface area contributed by atoms with E-state index in [4.69, 9.17) is 16.3 Å². The van der Waals surface area contributed by atoms with Gasteiger partial charge in [-0.25, -0.2) is 8.42 Å². The van der Waals surface area contributed by atoms with E-state index in [2.05, 4.69) is 15.2 Å². The van der Waals surface area contributed by atoms with Gasteiger partial charge in [0.1, 0.15) is 10.6 Å². The zero-order chi connectivity index (χ0) is 22.4. The highest BCUT2D eigenvalue weighted by Gasteiger charge is 2.23. The van der Waals surface area contributed by atoms with Gasteiger partial charge in [0.15, 0.2) is 0 Å². The SMILES string of the molecule is COc1ccccc1NS(=O)(=O)c1cc([N+](=O)[O-])ccc1NN=Cc1ccc(Cl)cc1. The molecule has 0 saturated carbocycles. The average molecular weight is 461 g/mol. The van der Waals surface area contributed by atoms with Gasteiger partial charge in [-0.1, -0.05) is 35.9 Å². The second-order valence-electron chi connectivity index (χ2n) is 6.16. The van der Waals surface area contributed by atoms with Crippen LogP contribution in [-0.2, 0) is 10.0 Å². The second-order valence-corrected chi connectivity index (χ2v) is 8.25. The summed E-state index contributed by atoms with van der Waals surface area (Å²) in [5, 5.41) is 15.8. The zero-order valence-corrected chi connectivity index (χ0v) is 17.7. The van der Waals surface area contributed by atoms with Gasteiger partial charge < -0.3 is 4.74 Å². The normalized spacial score (nSPS) is 11.3. The number of hydrazone groups is 1. The molecule has 0 unspecified atom stereocenters. The number of hydrogen-bond acceptors (Lipinski definition) is 7. The summed E-state index contributed by atoms with van der Waals surface area (Å²) in [6.07, 6.45) is 1.46. The third-order valence-corrected chi connectivity index (χ3v) is 5.74. The van der Waals surface area contributed by atoms with E-state index in [1.165, 1.54) is 31.5 Å². The van der Waals surface area contributed by atoms with Crippen molar-refractivity contribution < 1.29 is 18.1 Å². The number of nitrogens with zero attached hydrogens (tertiary/aromatic N) is 2. The minimum absolute atomic E-state index is 0.0539. The lowest BCUT2D eigenvalue weighted by Gasteiger charge is -2.14. The number of non-ortho nitro benzene ring substituents is 1. The van der Waals surface area contributed by atoms with Crippen molar-refractivity contribution in [3.05, 3.63) is 87.4 Å². The van der Waals surface area contributed by atoms with Crippen LogP contribution in [0.5, 0.6) is 5.75 Å². The number of halogens is 1. The molecule has 0 atom stereocenters. The molecule has 0 aromatic heterocycles. The maximum absolute atomic E-state index is 13.0. The minimum Gasteiger partial charge on any atom is -0.495 e. The van der Waals surface area contributed by atoms with Gasteiger partial charge in [0.2, 0.25) is 0 Å². The first-order valence-electron chi connectivity index (χ1n) is 8.79. The molecule has 3 aromatic carbocycles. The van der Waals surface area contributed by atoms with Gasteiger partial charge in [0.05, 0.1) is 29.6 Å². The summed E-state index contributed by atoms with van der Waals surface area (Å²) in [5.74, 6) is 0.298. The number of sulfonamides is 1. The highest BCUT2D eigenvalue weighted by Crippen LogP contribution is 2.31. The molecule has 0 heterocycles. The van der Waals surface area contributed by atoms with Gasteiger partial charge in [-0.3, -0.25) is 20.3 Å². The summed E-state index contributed by atoms with van der Waals surface area (Å²) >= 11 is 5.84. The Bertz CT molecular complexity index is 1230. The fourth-order valence-corrected chi connectivity index (χ4v) is 3.97. The monoisotopic (exact) mass is 460 g/mol. The Morgan fingerprint density at radius 2 is 1.77 bits per heavy atom. The number of methoxy groups -OCH3 is 1. The van der Waals surface area contributed by atoms with E-state index >= 15 is 0 Å². The lowest BCUT2D eigenvalue weighted by Crippen LogP contribution is -2.15. The Kier molecular flexibility index (Phi) is 6.73. The number of nitrogens with one attached hydrogen (secondary N) is 2. The topological polar surface area (TPSA) is 123 Å². The number of ether oxygens (including phenoxy) is 1. The summed E-state index contributed by atoms with van der Waals surface area (Å²) in [7, 11) is -2.82. The van der Waals surface area contributed by atoms with Crippen molar-refractivity contribution in [2.75, 3.05) is 17.3 Å². The first-order valence-corrected chi connectivity index (χ1v) is 10.7. The molecule has 0 aliphatic rings. The fraction of sp³-hybridized carbons (Fsp3) is 0.0500. The fourth-order valence-electron chi connectivity index (χ4n) is 2.59. The number of nitro groups is 1. The van der Waals surface area contributed by atoms with Crippen molar-refractivity contribution >= 4 is 44.9 Å². The lowest BCUT2D eigenvalue weighted by atomic mass is 10.2. The van der Waals surface area contributed by atoms with Crippen LogP contribution in [0.2, 0.25) is 5.02 Å². The molecule has 9 nitrogen and oxygen atoms in total. The molecule has 0 aliphatic heterocycles. The smallest absolute Gasteiger partial charge is 0.270 e. The molecule has 3 aromatic rings. The van der Waals surface area contributed by atoms with Crippen LogP contribution in [0.3, 0.4) is 0 Å². The van der Waals surface area contributed by atoms with Gasteiger partial charge in [0, 0.05) is 17.2 Å². The molecule has 2 N–H and O–H groups in total. The number of anilines is 2. The van der Waals surface area contributed by atoms with Gasteiger partial charge >= 0.3 is 0 Å². The van der Waals surface area contributed by atoms with E-state index in [9.17, 15) is 18.5 Å². The number of para-hydroxylation sites is 2. The van der Waals surface area contributed by atoms with E-state index in [1.807, 2.05) is 0 Å². The number of nitro benzene ring substituents is 1. The third-order valence-electron chi connectivity index (χ3n) is 4.09. The number of hydrogen-bond donors (Lipinski definition) is 2. The van der Waals surface area contributed by atoms with Crippen molar-refractivity contribution in [3.63, 3.8) is 0 Å². The van der Waals surface area contributed by atoms with Crippen molar-refractivity contribution in [2.45, 2.75) is 4.90 Å². The molecule has 0 bridgehead atoms. The highest BCUT2D eigenvalue weighted by molar-refractivity contribution is 7.93. The summed E-state index contributed by atoms with van der Waals surface area (Å²) in [6.45, 7) is 0. The van der Waals surface area contributed by atoms with E-state index in [-0.39, 0.29) is 22.0 Å². The highest BCUT2D eigenvalue weighted by atomic mass is 35.5. The lowest BCUT2D eigenvalue weighted by molar-refractivity contribution is -0.385. The van der Waals surface area contributed by atoms with Gasteiger partial charge in [0.25, 0.3) is 15.7 Å². The third kappa shape index (κ3) is 5.50. The predicted octanol–water partition coefficient (Wildman–Crippen LogP) is 4.50. The summed E-state index contributed by atoms with van der Waals surface area (Å²) in [5.41, 5.74) is 3.20. The maximum atomic E-state index is 13.0. The molecule has 31 heavy (non-hydrogen) atoms. The molecular formula is C20H17ClN4O5S. The van der Waals surface area contributed by atoms with Gasteiger partial charge in [-0.15, -0.1) is 0 Å². The van der Waals surface area contributed by atoms with Crippen molar-refractivity contribution in [2.24, 2.45) is 5.10 Å². The molecule has 11 heteroatoms. The van der Waals surface area contributed by atoms with Crippen LogP contribution in [0.4, 0.5) is 17.1 Å². The largest absolute Gasteiger partial charge is 0.495 e.